The fourth-order valence-corrected chi connectivity index (χ4v) is 4.69. The molecule has 0 bridgehead atoms. The first-order valence-electron chi connectivity index (χ1n) is 8.27. The highest BCUT2D eigenvalue weighted by Gasteiger charge is 2.32. The predicted octanol–water partition coefficient (Wildman–Crippen LogP) is 1.12. The third-order valence-corrected chi connectivity index (χ3v) is 7.15. The van der Waals surface area contributed by atoms with E-state index in [-0.39, 0.29) is 5.75 Å². The predicted molar refractivity (Wildman–Crippen MR) is 86.9 cm³/mol. The molecule has 0 amide bonds. The molecule has 2 heterocycles. The molecular formula is C15H31N3O2S. The number of nitrogens with one attached hydrogen (secondary N) is 1. The van der Waals surface area contributed by atoms with Crippen LogP contribution in [0, 0.1) is 5.92 Å². The van der Waals surface area contributed by atoms with Gasteiger partial charge in [0.2, 0.25) is 10.0 Å². The summed E-state index contributed by atoms with van der Waals surface area (Å²) in [6, 6.07) is 1.66. The van der Waals surface area contributed by atoms with Gasteiger partial charge < -0.3 is 10.2 Å². The Bertz CT molecular complexity index is 432. The summed E-state index contributed by atoms with van der Waals surface area (Å²) in [6.07, 6.45) is 3.06. The minimum absolute atomic E-state index is 0.217. The maximum atomic E-state index is 11.9. The number of rotatable bonds is 4. The number of nitrogens with zero attached hydrogens (tertiary/aromatic N) is 2. The van der Waals surface area contributed by atoms with Gasteiger partial charge >= 0.3 is 0 Å². The van der Waals surface area contributed by atoms with Crippen LogP contribution in [-0.2, 0) is 10.0 Å². The van der Waals surface area contributed by atoms with Crippen LogP contribution in [0.2, 0.25) is 0 Å². The number of hydrogen-bond donors (Lipinski definition) is 1. The molecule has 2 rings (SSSR count). The maximum absolute atomic E-state index is 11.9. The molecule has 2 aliphatic rings. The van der Waals surface area contributed by atoms with Gasteiger partial charge in [0.15, 0.2) is 0 Å². The Morgan fingerprint density at radius 3 is 2.38 bits per heavy atom. The van der Waals surface area contributed by atoms with Crippen LogP contribution in [-0.4, -0.2) is 68.2 Å². The second kappa shape index (κ2) is 6.94. The molecule has 0 aliphatic carbocycles. The van der Waals surface area contributed by atoms with Crippen molar-refractivity contribution < 1.29 is 8.42 Å². The topological polar surface area (TPSA) is 52.7 Å². The van der Waals surface area contributed by atoms with Crippen molar-refractivity contribution in [2.24, 2.45) is 5.92 Å². The summed E-state index contributed by atoms with van der Waals surface area (Å²) in [4.78, 5) is 2.43. The summed E-state index contributed by atoms with van der Waals surface area (Å²) in [6.45, 7) is 8.81. The van der Waals surface area contributed by atoms with Crippen LogP contribution in [0.15, 0.2) is 0 Å². The molecule has 2 fully saturated rings. The molecule has 3 atom stereocenters. The monoisotopic (exact) mass is 317 g/mol. The number of sulfonamides is 1. The molecule has 2 saturated heterocycles. The van der Waals surface area contributed by atoms with Crippen LogP contribution in [0.3, 0.4) is 0 Å². The van der Waals surface area contributed by atoms with Crippen molar-refractivity contribution in [3.63, 3.8) is 0 Å². The molecule has 21 heavy (non-hydrogen) atoms. The van der Waals surface area contributed by atoms with E-state index in [9.17, 15) is 8.42 Å². The minimum atomic E-state index is -3.01. The molecule has 3 unspecified atom stereocenters. The van der Waals surface area contributed by atoms with E-state index in [2.05, 4.69) is 31.1 Å². The number of likely N-dealkylation sites (tertiary alicyclic amines) is 1. The van der Waals surface area contributed by atoms with Crippen LogP contribution in [0.1, 0.15) is 40.0 Å². The van der Waals surface area contributed by atoms with E-state index in [1.54, 1.807) is 11.2 Å². The van der Waals surface area contributed by atoms with E-state index in [0.29, 0.717) is 37.1 Å². The number of piperidine rings is 2. The Balaban J connectivity index is 1.84. The van der Waals surface area contributed by atoms with Crippen LogP contribution >= 0.6 is 0 Å². The lowest BCUT2D eigenvalue weighted by molar-refractivity contribution is 0.109. The quantitative estimate of drug-likeness (QED) is 0.844. The average Bonchev–Trinajstić information content (AvgIpc) is 2.45. The number of hydrogen-bond acceptors (Lipinski definition) is 4. The lowest BCUT2D eigenvalue weighted by Gasteiger charge is -2.42. The standard InChI is InChI=1S/C15H31N3O2S/c1-5-21(19,20)18-8-6-14(7-9-18)16-15-10-13(3)17(4)11-12(15)2/h12-16H,5-11H2,1-4H3. The highest BCUT2D eigenvalue weighted by Crippen LogP contribution is 2.23. The van der Waals surface area contributed by atoms with Gasteiger partial charge in [0.25, 0.3) is 0 Å². The highest BCUT2D eigenvalue weighted by atomic mass is 32.2. The molecule has 0 aromatic heterocycles. The van der Waals surface area contributed by atoms with Gasteiger partial charge in [0, 0.05) is 37.8 Å². The first-order chi connectivity index (χ1) is 9.83. The van der Waals surface area contributed by atoms with Crippen LogP contribution in [0.5, 0.6) is 0 Å². The largest absolute Gasteiger partial charge is 0.311 e. The van der Waals surface area contributed by atoms with E-state index < -0.39 is 10.0 Å². The van der Waals surface area contributed by atoms with Crippen molar-refractivity contribution in [3.8, 4) is 0 Å². The molecular weight excluding hydrogens is 286 g/mol. The Hall–Kier alpha value is -0.170. The Morgan fingerprint density at radius 2 is 1.81 bits per heavy atom. The first kappa shape index (κ1) is 17.2. The van der Waals surface area contributed by atoms with Crippen molar-refractivity contribution in [2.75, 3.05) is 32.4 Å². The van der Waals surface area contributed by atoms with Crippen molar-refractivity contribution in [1.29, 1.82) is 0 Å². The van der Waals surface area contributed by atoms with Crippen molar-refractivity contribution in [2.45, 2.75) is 58.2 Å². The van der Waals surface area contributed by atoms with Gasteiger partial charge in [-0.05, 0) is 46.1 Å². The molecule has 0 radical (unpaired) electrons. The van der Waals surface area contributed by atoms with Gasteiger partial charge in [-0.25, -0.2) is 12.7 Å². The minimum Gasteiger partial charge on any atom is -0.311 e. The summed E-state index contributed by atoms with van der Waals surface area (Å²) in [7, 11) is -0.806. The van der Waals surface area contributed by atoms with E-state index in [1.807, 2.05) is 0 Å². The summed E-state index contributed by atoms with van der Waals surface area (Å²) < 4.78 is 25.4. The Labute approximate surface area is 130 Å². The first-order valence-corrected chi connectivity index (χ1v) is 9.88. The summed E-state index contributed by atoms with van der Waals surface area (Å²) in [5, 5.41) is 3.80. The highest BCUT2D eigenvalue weighted by molar-refractivity contribution is 7.89. The van der Waals surface area contributed by atoms with E-state index >= 15 is 0 Å². The molecule has 0 spiro atoms. The average molecular weight is 317 g/mol. The molecule has 5 nitrogen and oxygen atoms in total. The molecule has 0 aromatic carbocycles. The van der Waals surface area contributed by atoms with E-state index in [4.69, 9.17) is 0 Å². The smallest absolute Gasteiger partial charge is 0.213 e. The normalized spacial score (nSPS) is 34.2. The van der Waals surface area contributed by atoms with Gasteiger partial charge in [-0.3, -0.25) is 0 Å². The van der Waals surface area contributed by atoms with Crippen molar-refractivity contribution in [1.82, 2.24) is 14.5 Å². The molecule has 124 valence electrons. The van der Waals surface area contributed by atoms with E-state index in [0.717, 1.165) is 19.4 Å². The van der Waals surface area contributed by atoms with Gasteiger partial charge in [-0.1, -0.05) is 6.92 Å². The zero-order valence-corrected chi connectivity index (χ0v) is 14.7. The van der Waals surface area contributed by atoms with Gasteiger partial charge in [-0.2, -0.15) is 0 Å². The van der Waals surface area contributed by atoms with Gasteiger partial charge in [0.1, 0.15) is 0 Å². The summed E-state index contributed by atoms with van der Waals surface area (Å²) in [5.74, 6) is 0.873. The Kier molecular flexibility index (Phi) is 5.68. The summed E-state index contributed by atoms with van der Waals surface area (Å²) in [5.41, 5.74) is 0. The molecule has 1 N–H and O–H groups in total. The molecule has 0 aromatic rings. The van der Waals surface area contributed by atoms with Crippen LogP contribution < -0.4 is 5.32 Å². The van der Waals surface area contributed by atoms with Crippen molar-refractivity contribution >= 4 is 10.0 Å². The second-order valence-electron chi connectivity index (χ2n) is 6.85. The zero-order valence-electron chi connectivity index (χ0n) is 13.9. The van der Waals surface area contributed by atoms with Gasteiger partial charge in [0.05, 0.1) is 5.75 Å². The van der Waals surface area contributed by atoms with Crippen LogP contribution in [0.25, 0.3) is 0 Å². The SMILES string of the molecule is CCS(=O)(=O)N1CCC(NC2CC(C)N(C)CC2C)CC1. The second-order valence-corrected chi connectivity index (χ2v) is 9.11. The molecule has 0 saturated carbocycles. The zero-order chi connectivity index (χ0) is 15.6. The third-order valence-electron chi connectivity index (χ3n) is 5.27. The molecule has 2 aliphatic heterocycles. The lowest BCUT2D eigenvalue weighted by Crippen LogP contribution is -2.55. The fraction of sp³-hybridized carbons (Fsp3) is 1.00. The van der Waals surface area contributed by atoms with Crippen molar-refractivity contribution in [3.05, 3.63) is 0 Å². The fourth-order valence-electron chi connectivity index (χ4n) is 3.56. The Morgan fingerprint density at radius 1 is 1.19 bits per heavy atom. The summed E-state index contributed by atoms with van der Waals surface area (Å²) >= 11 is 0. The molecule has 6 heteroatoms. The van der Waals surface area contributed by atoms with E-state index in [1.165, 1.54) is 6.42 Å². The third kappa shape index (κ3) is 4.18. The van der Waals surface area contributed by atoms with Crippen LogP contribution in [0.4, 0.5) is 0 Å². The van der Waals surface area contributed by atoms with Gasteiger partial charge in [-0.15, -0.1) is 0 Å². The maximum Gasteiger partial charge on any atom is 0.213 e. The lowest BCUT2D eigenvalue weighted by atomic mass is 9.88.